The molecule has 3 rings (SSSR count). The van der Waals surface area contributed by atoms with Gasteiger partial charge in [-0.2, -0.15) is 5.26 Å². The highest BCUT2D eigenvalue weighted by molar-refractivity contribution is 7.95. The van der Waals surface area contributed by atoms with Crippen molar-refractivity contribution in [3.8, 4) is 17.6 Å². The van der Waals surface area contributed by atoms with E-state index in [1.807, 2.05) is 37.3 Å². The van der Waals surface area contributed by atoms with E-state index >= 15 is 0 Å². The van der Waals surface area contributed by atoms with Crippen LogP contribution in [-0.4, -0.2) is 21.6 Å². The van der Waals surface area contributed by atoms with E-state index in [9.17, 15) is 13.7 Å². The Labute approximate surface area is 152 Å². The lowest BCUT2D eigenvalue weighted by atomic mass is 10.0. The summed E-state index contributed by atoms with van der Waals surface area (Å²) < 4.78 is 36.4. The van der Waals surface area contributed by atoms with Gasteiger partial charge in [0.2, 0.25) is 9.84 Å². The molecule has 1 aliphatic heterocycles. The lowest BCUT2D eigenvalue weighted by molar-refractivity contribution is 0.257. The van der Waals surface area contributed by atoms with Crippen LogP contribution in [0.15, 0.2) is 70.0 Å². The van der Waals surface area contributed by atoms with Crippen LogP contribution in [0.3, 0.4) is 0 Å². The minimum absolute atomic E-state index is 0.0384. The Morgan fingerprint density at radius 1 is 1.19 bits per heavy atom. The number of allylic oxidation sites excluding steroid dienone is 1. The van der Waals surface area contributed by atoms with Gasteiger partial charge in [0.25, 0.3) is 0 Å². The molecule has 2 aromatic rings. The molecule has 0 aromatic heterocycles. The van der Waals surface area contributed by atoms with Crippen LogP contribution in [0.25, 0.3) is 6.08 Å². The SMILES string of the molecule is COc1ccc(S(=O)(=O)/C(C#N)=C/C2=Cc3ccccc3O[C@@H]2C)cc1. The van der Waals surface area contributed by atoms with Crippen molar-refractivity contribution >= 4 is 15.9 Å². The molecule has 0 fully saturated rings. The van der Waals surface area contributed by atoms with Crippen LogP contribution in [0.2, 0.25) is 0 Å². The summed E-state index contributed by atoms with van der Waals surface area (Å²) in [5, 5.41) is 9.45. The summed E-state index contributed by atoms with van der Waals surface area (Å²) in [4.78, 5) is -0.291. The molecule has 26 heavy (non-hydrogen) atoms. The van der Waals surface area contributed by atoms with Crippen LogP contribution in [-0.2, 0) is 9.84 Å². The van der Waals surface area contributed by atoms with Crippen molar-refractivity contribution < 1.29 is 17.9 Å². The number of rotatable bonds is 4. The molecule has 0 saturated heterocycles. The molecule has 0 radical (unpaired) electrons. The second kappa shape index (κ2) is 7.06. The smallest absolute Gasteiger partial charge is 0.216 e. The van der Waals surface area contributed by atoms with Crippen molar-refractivity contribution in [2.45, 2.75) is 17.9 Å². The number of methoxy groups -OCH3 is 1. The molecular weight excluding hydrogens is 350 g/mol. The third kappa shape index (κ3) is 3.35. The highest BCUT2D eigenvalue weighted by atomic mass is 32.2. The molecule has 132 valence electrons. The fourth-order valence-corrected chi connectivity index (χ4v) is 3.78. The molecule has 0 amide bonds. The summed E-state index contributed by atoms with van der Waals surface area (Å²) in [6.45, 7) is 1.81. The Bertz CT molecular complexity index is 1030. The maximum absolute atomic E-state index is 12.8. The third-order valence-corrected chi connectivity index (χ3v) is 5.76. The van der Waals surface area contributed by atoms with Gasteiger partial charge in [-0.1, -0.05) is 18.2 Å². The highest BCUT2D eigenvalue weighted by Gasteiger charge is 2.24. The van der Waals surface area contributed by atoms with E-state index in [1.54, 1.807) is 18.2 Å². The van der Waals surface area contributed by atoms with E-state index in [0.717, 1.165) is 11.3 Å². The number of fused-ring (bicyclic) bond motifs is 1. The number of nitriles is 1. The Morgan fingerprint density at radius 3 is 2.54 bits per heavy atom. The minimum atomic E-state index is -3.93. The van der Waals surface area contributed by atoms with E-state index in [0.29, 0.717) is 11.3 Å². The van der Waals surface area contributed by atoms with Crippen molar-refractivity contribution in [1.29, 1.82) is 5.26 Å². The monoisotopic (exact) mass is 367 g/mol. The number of sulfone groups is 1. The first-order valence-corrected chi connectivity index (χ1v) is 9.42. The number of hydrogen-bond acceptors (Lipinski definition) is 5. The van der Waals surface area contributed by atoms with Crippen molar-refractivity contribution in [3.05, 3.63) is 70.6 Å². The first-order chi connectivity index (χ1) is 12.5. The molecule has 1 heterocycles. The molecule has 0 unspecified atom stereocenters. The standard InChI is InChI=1S/C20H17NO4S/c1-14-16(11-15-5-3-4-6-20(15)25-14)12-19(13-21)26(22,23)18-9-7-17(24-2)8-10-18/h3-12,14H,1-2H3/b19-12+/t14-/m1/s1. The van der Waals surface area contributed by atoms with Crippen LogP contribution >= 0.6 is 0 Å². The molecule has 5 nitrogen and oxygen atoms in total. The third-order valence-electron chi connectivity index (χ3n) is 4.08. The van der Waals surface area contributed by atoms with Crippen LogP contribution in [0.4, 0.5) is 0 Å². The van der Waals surface area contributed by atoms with E-state index in [-0.39, 0.29) is 15.9 Å². The van der Waals surface area contributed by atoms with Gasteiger partial charge >= 0.3 is 0 Å². The van der Waals surface area contributed by atoms with Crippen LogP contribution < -0.4 is 9.47 Å². The molecule has 0 bridgehead atoms. The Morgan fingerprint density at radius 2 is 1.88 bits per heavy atom. The summed E-state index contributed by atoms with van der Waals surface area (Å²) >= 11 is 0. The number of hydrogen-bond donors (Lipinski definition) is 0. The van der Waals surface area contributed by atoms with Crippen molar-refractivity contribution in [3.63, 3.8) is 0 Å². The molecular formula is C20H17NO4S. The predicted molar refractivity (Wildman–Crippen MR) is 98.4 cm³/mol. The number of ether oxygens (including phenoxy) is 2. The van der Waals surface area contributed by atoms with Crippen LogP contribution in [0, 0.1) is 11.3 Å². The van der Waals surface area contributed by atoms with E-state index < -0.39 is 9.84 Å². The van der Waals surface area contributed by atoms with Crippen molar-refractivity contribution in [2.75, 3.05) is 7.11 Å². The molecule has 0 saturated carbocycles. The van der Waals surface area contributed by atoms with Gasteiger partial charge in [0.1, 0.15) is 28.6 Å². The number of benzene rings is 2. The topological polar surface area (TPSA) is 76.4 Å². The van der Waals surface area contributed by atoms with Gasteiger partial charge < -0.3 is 9.47 Å². The molecule has 1 atom stereocenters. The Balaban J connectivity index is 2.02. The second-order valence-corrected chi connectivity index (χ2v) is 7.66. The summed E-state index contributed by atoms with van der Waals surface area (Å²) in [7, 11) is -2.43. The Hall–Kier alpha value is -3.04. The van der Waals surface area contributed by atoms with Crippen molar-refractivity contribution in [2.24, 2.45) is 0 Å². The quantitative estimate of drug-likeness (QED) is 0.770. The summed E-state index contributed by atoms with van der Waals surface area (Å²) in [6.07, 6.45) is 2.85. The lowest BCUT2D eigenvalue weighted by Crippen LogP contribution is -2.18. The summed E-state index contributed by atoms with van der Waals surface area (Å²) in [5.74, 6) is 1.27. The zero-order valence-corrected chi connectivity index (χ0v) is 15.2. The van der Waals surface area contributed by atoms with Gasteiger partial charge in [-0.05, 0) is 55.0 Å². The van der Waals surface area contributed by atoms with Crippen LogP contribution in [0.1, 0.15) is 12.5 Å². The van der Waals surface area contributed by atoms with Crippen molar-refractivity contribution in [1.82, 2.24) is 0 Å². The molecule has 0 aliphatic carbocycles. The number of para-hydroxylation sites is 1. The maximum Gasteiger partial charge on any atom is 0.216 e. The number of nitrogens with zero attached hydrogens (tertiary/aromatic N) is 1. The molecule has 2 aromatic carbocycles. The average Bonchev–Trinajstić information content (AvgIpc) is 2.66. The molecule has 0 spiro atoms. The zero-order valence-electron chi connectivity index (χ0n) is 14.3. The molecule has 6 heteroatoms. The average molecular weight is 367 g/mol. The van der Waals surface area contributed by atoms with E-state index in [1.165, 1.54) is 25.3 Å². The minimum Gasteiger partial charge on any atom is -0.497 e. The normalized spacial score (nSPS) is 16.7. The van der Waals surface area contributed by atoms with Gasteiger partial charge in [0.05, 0.1) is 12.0 Å². The maximum atomic E-state index is 12.8. The van der Waals surface area contributed by atoms with Gasteiger partial charge in [-0.3, -0.25) is 0 Å². The highest BCUT2D eigenvalue weighted by Crippen LogP contribution is 2.31. The fraction of sp³-hybridized carbons (Fsp3) is 0.150. The summed E-state index contributed by atoms with van der Waals surface area (Å²) in [5.41, 5.74) is 1.47. The van der Waals surface area contributed by atoms with E-state index in [2.05, 4.69) is 0 Å². The van der Waals surface area contributed by atoms with Gasteiger partial charge in [0, 0.05) is 5.56 Å². The first-order valence-electron chi connectivity index (χ1n) is 7.94. The fourth-order valence-electron chi connectivity index (χ4n) is 2.62. The first kappa shape index (κ1) is 17.8. The predicted octanol–water partition coefficient (Wildman–Crippen LogP) is 3.74. The largest absolute Gasteiger partial charge is 0.497 e. The van der Waals surface area contributed by atoms with E-state index in [4.69, 9.17) is 9.47 Å². The summed E-state index contributed by atoms with van der Waals surface area (Å²) in [6, 6.07) is 15.2. The van der Waals surface area contributed by atoms with Gasteiger partial charge in [0.15, 0.2) is 0 Å². The molecule has 1 aliphatic rings. The lowest BCUT2D eigenvalue weighted by Gasteiger charge is -2.23. The molecule has 0 N–H and O–H groups in total. The van der Waals surface area contributed by atoms with Gasteiger partial charge in [-0.25, -0.2) is 8.42 Å². The Kier molecular flexibility index (Phi) is 4.83. The van der Waals surface area contributed by atoms with Gasteiger partial charge in [-0.15, -0.1) is 0 Å². The second-order valence-electron chi connectivity index (χ2n) is 5.74. The zero-order chi connectivity index (χ0) is 18.7. The van der Waals surface area contributed by atoms with Crippen LogP contribution in [0.5, 0.6) is 11.5 Å².